The van der Waals surface area contributed by atoms with Crippen LogP contribution in [0.2, 0.25) is 0 Å². The third-order valence-electron chi connectivity index (χ3n) is 8.09. The number of allylic oxidation sites excluding steroid dienone is 1. The number of esters is 1. The van der Waals surface area contributed by atoms with Gasteiger partial charge in [-0.25, -0.2) is 0 Å². The second-order valence-corrected chi connectivity index (χ2v) is 11.4. The minimum absolute atomic E-state index is 0.0808. The average molecular weight is 624 g/mol. The molecular formula is C40H37N3O4. The lowest BCUT2D eigenvalue weighted by molar-refractivity contribution is -0.154. The molecule has 5 rings (SSSR count). The highest BCUT2D eigenvalue weighted by atomic mass is 16.5. The largest absolute Gasteiger partial charge is 0.461 e. The fraction of sp³-hybridized carbons (Fsp3) is 0.175. The molecule has 5 aromatic rings. The summed E-state index contributed by atoms with van der Waals surface area (Å²) in [6.45, 7) is 3.68. The van der Waals surface area contributed by atoms with E-state index in [-0.39, 0.29) is 19.6 Å². The van der Waals surface area contributed by atoms with Gasteiger partial charge in [0.1, 0.15) is 12.6 Å². The van der Waals surface area contributed by atoms with Gasteiger partial charge in [0, 0.05) is 12.4 Å². The number of rotatable bonds is 14. The van der Waals surface area contributed by atoms with E-state index in [0.29, 0.717) is 12.0 Å². The van der Waals surface area contributed by atoms with Gasteiger partial charge in [0.25, 0.3) is 0 Å². The maximum atomic E-state index is 14.1. The van der Waals surface area contributed by atoms with Crippen LogP contribution in [0.15, 0.2) is 140 Å². The van der Waals surface area contributed by atoms with E-state index >= 15 is 0 Å². The standard InChI is InChI=1S/C40H37N3O4/c1-2-9-37(40(46)47-28-31-12-7-4-8-13-31)38(39(45)42-36(27-44)24-29-10-5-3-6-11-29)43-23-22-35(26-43)34-20-18-33(19-21-34)32-16-14-30(25-41)15-17-32/h2-8,10-23,26,36-38,44H,1,9,24,27-28H2,(H,42,45). The Labute approximate surface area is 275 Å². The van der Waals surface area contributed by atoms with Gasteiger partial charge in [0.2, 0.25) is 5.91 Å². The molecule has 47 heavy (non-hydrogen) atoms. The first-order chi connectivity index (χ1) is 23.0. The van der Waals surface area contributed by atoms with Crippen LogP contribution in [0.4, 0.5) is 0 Å². The highest BCUT2D eigenvalue weighted by Gasteiger charge is 2.36. The molecule has 0 bridgehead atoms. The minimum atomic E-state index is -0.965. The zero-order chi connectivity index (χ0) is 33.0. The summed E-state index contributed by atoms with van der Waals surface area (Å²) in [5, 5.41) is 22.3. The highest BCUT2D eigenvalue weighted by Crippen LogP contribution is 2.30. The zero-order valence-electron chi connectivity index (χ0n) is 26.0. The van der Waals surface area contributed by atoms with E-state index in [0.717, 1.165) is 33.4 Å². The molecule has 3 atom stereocenters. The third kappa shape index (κ3) is 8.51. The van der Waals surface area contributed by atoms with E-state index in [2.05, 4.69) is 18.0 Å². The van der Waals surface area contributed by atoms with Crippen molar-refractivity contribution < 1.29 is 19.4 Å². The number of nitrogens with one attached hydrogen (secondary N) is 1. The first kappa shape index (κ1) is 32.7. The van der Waals surface area contributed by atoms with Crippen molar-refractivity contribution in [3.63, 3.8) is 0 Å². The Morgan fingerprint density at radius 1 is 0.830 bits per heavy atom. The van der Waals surface area contributed by atoms with Gasteiger partial charge >= 0.3 is 5.97 Å². The SMILES string of the molecule is C=CCC(C(=O)OCc1ccccc1)C(C(=O)NC(CO)Cc1ccccc1)n1ccc(-c2ccc(-c3ccc(C#N)cc3)cc2)c1. The summed E-state index contributed by atoms with van der Waals surface area (Å²) in [7, 11) is 0. The third-order valence-corrected chi connectivity index (χ3v) is 8.09. The van der Waals surface area contributed by atoms with Crippen molar-refractivity contribution in [1.82, 2.24) is 9.88 Å². The van der Waals surface area contributed by atoms with Crippen LogP contribution in [0.25, 0.3) is 22.3 Å². The summed E-state index contributed by atoms with van der Waals surface area (Å²) in [5.41, 5.74) is 6.23. The zero-order valence-corrected chi connectivity index (χ0v) is 26.0. The molecule has 7 heteroatoms. The number of benzene rings is 4. The molecule has 0 radical (unpaired) electrons. The summed E-state index contributed by atoms with van der Waals surface area (Å²) >= 11 is 0. The van der Waals surface area contributed by atoms with Crippen molar-refractivity contribution in [3.05, 3.63) is 157 Å². The Balaban J connectivity index is 1.42. The Hall–Kier alpha value is -5.71. The first-order valence-corrected chi connectivity index (χ1v) is 15.5. The Morgan fingerprint density at radius 2 is 1.40 bits per heavy atom. The number of aliphatic hydroxyl groups is 1. The molecule has 0 aliphatic rings. The van der Waals surface area contributed by atoms with Gasteiger partial charge in [-0.2, -0.15) is 5.26 Å². The summed E-state index contributed by atoms with van der Waals surface area (Å²) < 4.78 is 7.48. The molecule has 2 N–H and O–H groups in total. The molecule has 0 spiro atoms. The molecule has 3 unspecified atom stereocenters. The van der Waals surface area contributed by atoms with Crippen molar-refractivity contribution in [3.8, 4) is 28.3 Å². The van der Waals surface area contributed by atoms with Gasteiger partial charge in [0.05, 0.1) is 30.2 Å². The van der Waals surface area contributed by atoms with Gasteiger partial charge in [-0.1, -0.05) is 103 Å². The van der Waals surface area contributed by atoms with Gasteiger partial charge in [-0.15, -0.1) is 6.58 Å². The number of carbonyl (C=O) groups excluding carboxylic acids is 2. The summed E-state index contributed by atoms with van der Waals surface area (Å²) in [4.78, 5) is 27.7. The van der Waals surface area contributed by atoms with E-state index in [1.165, 1.54) is 0 Å². The van der Waals surface area contributed by atoms with E-state index in [9.17, 15) is 14.7 Å². The molecule has 1 heterocycles. The van der Waals surface area contributed by atoms with Crippen molar-refractivity contribution in [1.29, 1.82) is 5.26 Å². The van der Waals surface area contributed by atoms with Crippen LogP contribution in [0.3, 0.4) is 0 Å². The van der Waals surface area contributed by atoms with Gasteiger partial charge in [-0.05, 0) is 64.4 Å². The number of ether oxygens (including phenoxy) is 1. The van der Waals surface area contributed by atoms with E-state index < -0.39 is 29.9 Å². The smallest absolute Gasteiger partial charge is 0.312 e. The summed E-state index contributed by atoms with van der Waals surface area (Å²) in [5.74, 6) is -1.78. The molecule has 0 fully saturated rings. The fourth-order valence-electron chi connectivity index (χ4n) is 5.59. The maximum absolute atomic E-state index is 14.1. The van der Waals surface area contributed by atoms with Gasteiger partial charge in [0.15, 0.2) is 0 Å². The minimum Gasteiger partial charge on any atom is -0.461 e. The molecule has 7 nitrogen and oxygen atoms in total. The van der Waals surface area contributed by atoms with Crippen molar-refractivity contribution >= 4 is 11.9 Å². The number of nitrogens with zero attached hydrogens (tertiary/aromatic N) is 2. The fourth-order valence-corrected chi connectivity index (χ4v) is 5.59. The van der Waals surface area contributed by atoms with E-state index in [1.807, 2.05) is 109 Å². The monoisotopic (exact) mass is 623 g/mol. The number of hydrogen-bond donors (Lipinski definition) is 2. The lowest BCUT2D eigenvalue weighted by atomic mass is 9.94. The number of amides is 1. The van der Waals surface area contributed by atoms with Gasteiger partial charge < -0.3 is 19.7 Å². The first-order valence-electron chi connectivity index (χ1n) is 15.5. The molecule has 4 aromatic carbocycles. The Kier molecular flexibility index (Phi) is 11.1. The predicted octanol–water partition coefficient (Wildman–Crippen LogP) is 6.89. The van der Waals surface area contributed by atoms with Crippen molar-refractivity contribution in [2.45, 2.75) is 31.5 Å². The molecule has 0 aliphatic heterocycles. The molecule has 0 aliphatic carbocycles. The Bertz CT molecular complexity index is 1810. The topological polar surface area (TPSA) is 104 Å². The number of nitriles is 1. The summed E-state index contributed by atoms with van der Waals surface area (Å²) in [6.07, 6.45) is 5.91. The molecule has 0 saturated heterocycles. The number of aliphatic hydroxyl groups excluding tert-OH is 1. The van der Waals surface area contributed by atoms with Crippen molar-refractivity contribution in [2.24, 2.45) is 5.92 Å². The molecular weight excluding hydrogens is 586 g/mol. The van der Waals surface area contributed by atoms with Crippen LogP contribution in [0, 0.1) is 17.2 Å². The molecule has 1 amide bonds. The Morgan fingerprint density at radius 3 is 1.98 bits per heavy atom. The lowest BCUT2D eigenvalue weighted by Crippen LogP contribution is -2.46. The van der Waals surface area contributed by atoms with Crippen LogP contribution in [0.5, 0.6) is 0 Å². The number of carbonyl (C=O) groups is 2. The normalized spacial score (nSPS) is 12.7. The molecule has 1 aromatic heterocycles. The summed E-state index contributed by atoms with van der Waals surface area (Å²) in [6, 6.07) is 37.0. The van der Waals surface area contributed by atoms with Crippen molar-refractivity contribution in [2.75, 3.05) is 6.61 Å². The second-order valence-electron chi connectivity index (χ2n) is 11.4. The second kappa shape index (κ2) is 16.0. The number of hydrogen-bond acceptors (Lipinski definition) is 5. The quantitative estimate of drug-likeness (QED) is 0.104. The van der Waals surface area contributed by atoms with E-state index in [1.54, 1.807) is 29.0 Å². The lowest BCUT2D eigenvalue weighted by Gasteiger charge is -2.28. The number of aromatic nitrogens is 1. The van der Waals surface area contributed by atoms with Crippen LogP contribution < -0.4 is 5.32 Å². The van der Waals surface area contributed by atoms with Gasteiger partial charge in [-0.3, -0.25) is 9.59 Å². The van der Waals surface area contributed by atoms with E-state index in [4.69, 9.17) is 10.00 Å². The predicted molar refractivity (Wildman–Crippen MR) is 183 cm³/mol. The van der Waals surface area contributed by atoms with Crippen LogP contribution in [-0.4, -0.2) is 34.2 Å². The van der Waals surface area contributed by atoms with Crippen LogP contribution >= 0.6 is 0 Å². The molecule has 0 saturated carbocycles. The molecule has 236 valence electrons. The van der Waals surface area contributed by atoms with Crippen LogP contribution in [0.1, 0.15) is 29.2 Å². The maximum Gasteiger partial charge on any atom is 0.312 e. The average Bonchev–Trinajstić information content (AvgIpc) is 3.61. The van der Waals surface area contributed by atoms with Crippen LogP contribution in [-0.2, 0) is 27.4 Å². The highest BCUT2D eigenvalue weighted by molar-refractivity contribution is 5.87.